The molecule has 1 heterocycles. The highest BCUT2D eigenvalue weighted by Gasteiger charge is 2.25. The topological polar surface area (TPSA) is 83.6 Å². The highest BCUT2D eigenvalue weighted by atomic mass is 32.2. The number of hydrogen-bond donors (Lipinski definition) is 1. The highest BCUT2D eigenvalue weighted by Crippen LogP contribution is 2.31. The van der Waals surface area contributed by atoms with Crippen molar-refractivity contribution in [2.75, 3.05) is 4.90 Å². The van der Waals surface area contributed by atoms with Crippen LogP contribution in [0.5, 0.6) is 0 Å². The number of sulfonamides is 1. The zero-order valence-electron chi connectivity index (χ0n) is 23.9. The number of aryl methyl sites for hydroxylation is 2. The van der Waals surface area contributed by atoms with Gasteiger partial charge in [-0.05, 0) is 64.9 Å². The molecule has 5 aromatic carbocycles. The van der Waals surface area contributed by atoms with Crippen molar-refractivity contribution in [1.82, 2.24) is 4.72 Å². The summed E-state index contributed by atoms with van der Waals surface area (Å²) in [5.74, 6) is -0.788. The van der Waals surface area contributed by atoms with Crippen molar-refractivity contribution in [2.45, 2.75) is 24.3 Å². The van der Waals surface area contributed by atoms with Crippen LogP contribution in [0.3, 0.4) is 0 Å². The Balaban J connectivity index is 1.25. The number of nitrogens with one attached hydrogen (secondary N) is 1. The third-order valence-corrected chi connectivity index (χ3v) is 9.09. The summed E-state index contributed by atoms with van der Waals surface area (Å²) in [5, 5.41) is 0. The van der Waals surface area contributed by atoms with E-state index >= 15 is 0 Å². The zero-order chi connectivity index (χ0) is 30.5. The number of carbonyl (C=O) groups is 2. The summed E-state index contributed by atoms with van der Waals surface area (Å²) in [7, 11) is -4.16. The first-order valence-corrected chi connectivity index (χ1v) is 15.8. The molecular formula is C37H30N2O4S. The number of anilines is 1. The van der Waals surface area contributed by atoms with E-state index in [1.54, 1.807) is 24.3 Å². The molecule has 0 bridgehead atoms. The molecule has 0 aromatic heterocycles. The number of rotatable bonds is 7. The van der Waals surface area contributed by atoms with Crippen LogP contribution in [0.4, 0.5) is 5.69 Å². The molecule has 5 aromatic rings. The van der Waals surface area contributed by atoms with Crippen molar-refractivity contribution >= 4 is 33.6 Å². The molecule has 0 fully saturated rings. The monoisotopic (exact) mass is 598 g/mol. The minimum absolute atomic E-state index is 0.00121. The second-order valence-corrected chi connectivity index (χ2v) is 12.2. The van der Waals surface area contributed by atoms with Gasteiger partial charge in [-0.15, -0.1) is 0 Å². The van der Waals surface area contributed by atoms with Gasteiger partial charge < -0.3 is 4.90 Å². The predicted molar refractivity (Wildman–Crippen MR) is 173 cm³/mol. The van der Waals surface area contributed by atoms with Crippen molar-refractivity contribution in [2.24, 2.45) is 0 Å². The Morgan fingerprint density at radius 1 is 0.705 bits per heavy atom. The average Bonchev–Trinajstić information content (AvgIpc) is 3.05. The van der Waals surface area contributed by atoms with E-state index < -0.39 is 15.9 Å². The molecule has 0 spiro atoms. The Labute approximate surface area is 257 Å². The molecule has 6 rings (SSSR count). The standard InChI is InChI=1S/C37H30N2O4S/c40-36(25-20-27-10-2-1-3-11-27)38-44(42,43)35-17-9-7-14-32(35)30-21-18-28(19-22-30)26-39-34-16-8-5-13-31(34)24-23-29-12-4-6-15-33(29)37(39)41/h1-22,25H,23-24,26H2,(H,38,40)/b25-20+. The van der Waals surface area contributed by atoms with E-state index in [2.05, 4.69) is 10.8 Å². The molecule has 0 radical (unpaired) electrons. The number of carbonyl (C=O) groups excluding carboxylic acids is 2. The van der Waals surface area contributed by atoms with Crippen LogP contribution in [0.2, 0.25) is 0 Å². The molecule has 0 atom stereocenters. The highest BCUT2D eigenvalue weighted by molar-refractivity contribution is 7.90. The number of benzene rings is 5. The maximum atomic E-state index is 13.8. The average molecular weight is 599 g/mol. The number of hydrogen-bond acceptors (Lipinski definition) is 4. The summed E-state index contributed by atoms with van der Waals surface area (Å²) in [6, 6.07) is 39.0. The van der Waals surface area contributed by atoms with Gasteiger partial charge in [0.1, 0.15) is 0 Å². The van der Waals surface area contributed by atoms with Gasteiger partial charge in [0.25, 0.3) is 21.8 Å². The molecule has 0 aliphatic carbocycles. The Morgan fingerprint density at radius 2 is 1.32 bits per heavy atom. The SMILES string of the molecule is O=C(/C=C/c1ccccc1)NS(=O)(=O)c1ccccc1-c1ccc(CN2C(=O)c3ccccc3CCc3ccccc32)cc1. The molecule has 0 saturated carbocycles. The lowest BCUT2D eigenvalue weighted by Crippen LogP contribution is -2.33. The molecule has 218 valence electrons. The molecule has 1 N–H and O–H groups in total. The number of para-hydroxylation sites is 1. The Hall–Kier alpha value is -5.27. The van der Waals surface area contributed by atoms with Gasteiger partial charge in [-0.3, -0.25) is 9.59 Å². The van der Waals surface area contributed by atoms with Crippen molar-refractivity contribution in [3.8, 4) is 11.1 Å². The van der Waals surface area contributed by atoms with E-state index in [1.807, 2.05) is 102 Å². The fourth-order valence-corrected chi connectivity index (χ4v) is 6.66. The van der Waals surface area contributed by atoms with Crippen LogP contribution >= 0.6 is 0 Å². The van der Waals surface area contributed by atoms with Crippen molar-refractivity contribution in [3.63, 3.8) is 0 Å². The summed E-state index contributed by atoms with van der Waals surface area (Å²) in [5.41, 5.74) is 6.57. The third-order valence-electron chi connectivity index (χ3n) is 7.68. The number of fused-ring (bicyclic) bond motifs is 2. The first kappa shape index (κ1) is 28.8. The van der Waals surface area contributed by atoms with Crippen LogP contribution in [0, 0.1) is 0 Å². The van der Waals surface area contributed by atoms with Crippen molar-refractivity contribution < 1.29 is 18.0 Å². The molecule has 0 unspecified atom stereocenters. The lowest BCUT2D eigenvalue weighted by atomic mass is 9.94. The molecule has 1 aliphatic heterocycles. The van der Waals surface area contributed by atoms with Crippen LogP contribution in [-0.4, -0.2) is 20.2 Å². The van der Waals surface area contributed by atoms with Gasteiger partial charge in [0.2, 0.25) is 0 Å². The normalized spacial score (nSPS) is 13.1. The molecule has 7 heteroatoms. The maximum Gasteiger partial charge on any atom is 0.264 e. The summed E-state index contributed by atoms with van der Waals surface area (Å²) in [6.07, 6.45) is 4.39. The van der Waals surface area contributed by atoms with E-state index in [0.717, 1.165) is 40.8 Å². The fourth-order valence-electron chi connectivity index (χ4n) is 5.48. The zero-order valence-corrected chi connectivity index (χ0v) is 24.7. The smallest absolute Gasteiger partial charge is 0.264 e. The Morgan fingerprint density at radius 3 is 2.09 bits per heavy atom. The predicted octanol–water partition coefficient (Wildman–Crippen LogP) is 6.82. The second kappa shape index (κ2) is 12.5. The van der Waals surface area contributed by atoms with Gasteiger partial charge in [0.15, 0.2) is 0 Å². The molecule has 1 aliphatic rings. The van der Waals surface area contributed by atoms with E-state index in [9.17, 15) is 18.0 Å². The van der Waals surface area contributed by atoms with E-state index in [0.29, 0.717) is 23.2 Å². The minimum atomic E-state index is -4.16. The first-order valence-electron chi connectivity index (χ1n) is 14.3. The number of nitrogens with zero attached hydrogens (tertiary/aromatic N) is 1. The molecule has 2 amide bonds. The van der Waals surface area contributed by atoms with E-state index in [-0.39, 0.29) is 10.8 Å². The molecule has 44 heavy (non-hydrogen) atoms. The van der Waals surface area contributed by atoms with Crippen LogP contribution < -0.4 is 9.62 Å². The first-order chi connectivity index (χ1) is 21.4. The van der Waals surface area contributed by atoms with Crippen LogP contribution in [0.15, 0.2) is 138 Å². The van der Waals surface area contributed by atoms with Gasteiger partial charge >= 0.3 is 0 Å². The van der Waals surface area contributed by atoms with Crippen LogP contribution in [-0.2, 0) is 34.2 Å². The quantitative estimate of drug-likeness (QED) is 0.209. The summed E-state index contributed by atoms with van der Waals surface area (Å²) >= 11 is 0. The lowest BCUT2D eigenvalue weighted by molar-refractivity contribution is -0.114. The Bertz CT molecular complexity index is 1970. The van der Waals surface area contributed by atoms with E-state index in [1.165, 1.54) is 12.1 Å². The molecular weight excluding hydrogens is 568 g/mol. The summed E-state index contributed by atoms with van der Waals surface area (Å²) in [4.78, 5) is 28.2. The van der Waals surface area contributed by atoms with Gasteiger partial charge in [0.05, 0.1) is 11.4 Å². The van der Waals surface area contributed by atoms with Gasteiger partial charge in [-0.2, -0.15) is 0 Å². The lowest BCUT2D eigenvalue weighted by Gasteiger charge is -2.28. The van der Waals surface area contributed by atoms with Crippen molar-refractivity contribution in [3.05, 3.63) is 161 Å². The third kappa shape index (κ3) is 6.23. The number of amides is 2. The maximum absolute atomic E-state index is 13.8. The van der Waals surface area contributed by atoms with Gasteiger partial charge in [0, 0.05) is 22.9 Å². The largest absolute Gasteiger partial charge is 0.304 e. The van der Waals surface area contributed by atoms with Crippen LogP contribution in [0.25, 0.3) is 17.2 Å². The van der Waals surface area contributed by atoms with Crippen LogP contribution in [0.1, 0.15) is 32.6 Å². The summed E-state index contributed by atoms with van der Waals surface area (Å²) < 4.78 is 28.7. The molecule has 0 saturated heterocycles. The van der Waals surface area contributed by atoms with Gasteiger partial charge in [-0.25, -0.2) is 13.1 Å². The van der Waals surface area contributed by atoms with Crippen molar-refractivity contribution in [1.29, 1.82) is 0 Å². The fraction of sp³-hybridized carbons (Fsp3) is 0.0811. The Kier molecular flexibility index (Phi) is 8.21. The molecule has 6 nitrogen and oxygen atoms in total. The van der Waals surface area contributed by atoms with E-state index in [4.69, 9.17) is 0 Å². The second-order valence-electron chi connectivity index (χ2n) is 10.6. The minimum Gasteiger partial charge on any atom is -0.304 e. The summed E-state index contributed by atoms with van der Waals surface area (Å²) in [6.45, 7) is 0.355. The van der Waals surface area contributed by atoms with Gasteiger partial charge in [-0.1, -0.05) is 109 Å².